The van der Waals surface area contributed by atoms with Crippen LogP contribution in [0.2, 0.25) is 0 Å². The first-order chi connectivity index (χ1) is 11.9. The average Bonchev–Trinajstić information content (AvgIpc) is 3.24. The van der Waals surface area contributed by atoms with E-state index >= 15 is 0 Å². The Balaban J connectivity index is 1.72. The first-order valence-corrected chi connectivity index (χ1v) is 9.28. The molecule has 2 aromatic heterocycles. The molecule has 0 amide bonds. The molecule has 25 heavy (non-hydrogen) atoms. The molecule has 0 aliphatic heterocycles. The molecule has 5 nitrogen and oxygen atoms in total. The lowest BCUT2D eigenvalue weighted by molar-refractivity contribution is 0.101. The zero-order valence-corrected chi connectivity index (χ0v) is 14.2. The largest absolute Gasteiger partial charge is 0.461 e. The van der Waals surface area contributed by atoms with Crippen LogP contribution >= 0.6 is 11.3 Å². The van der Waals surface area contributed by atoms with Gasteiger partial charge >= 0.3 is 0 Å². The van der Waals surface area contributed by atoms with E-state index in [4.69, 9.17) is 4.42 Å². The van der Waals surface area contributed by atoms with Crippen molar-refractivity contribution in [1.29, 1.82) is 0 Å². The van der Waals surface area contributed by atoms with E-state index in [9.17, 15) is 22.0 Å². The van der Waals surface area contributed by atoms with Crippen LogP contribution in [0.15, 0.2) is 58.0 Å². The highest BCUT2D eigenvalue weighted by Crippen LogP contribution is 2.21. The highest BCUT2D eigenvalue weighted by Gasteiger charge is 2.20. The zero-order valence-electron chi connectivity index (χ0n) is 12.5. The molecule has 0 fully saturated rings. The number of halogens is 2. The molecular weight excluding hydrogens is 372 g/mol. The molecule has 0 spiro atoms. The molecule has 0 aliphatic rings. The standard InChI is InChI=1S/C16H11F2NO4S2/c17-10-3-6-15(12(18)8-10)25(21,22)19-9-11-4-5-14(24-11)16(20)13-2-1-7-23-13/h1-8,19H,9H2. The molecule has 3 rings (SSSR count). The van der Waals surface area contributed by atoms with Crippen LogP contribution < -0.4 is 4.72 Å². The number of hydrogen-bond acceptors (Lipinski definition) is 5. The van der Waals surface area contributed by atoms with Crippen molar-refractivity contribution in [1.82, 2.24) is 4.72 Å². The average molecular weight is 383 g/mol. The first-order valence-electron chi connectivity index (χ1n) is 6.98. The van der Waals surface area contributed by atoms with Gasteiger partial charge in [0.25, 0.3) is 0 Å². The van der Waals surface area contributed by atoms with Gasteiger partial charge in [-0.05, 0) is 36.4 Å². The monoisotopic (exact) mass is 383 g/mol. The Hall–Kier alpha value is -2.36. The number of sulfonamides is 1. The third-order valence-corrected chi connectivity index (χ3v) is 5.77. The Morgan fingerprint density at radius 1 is 1.16 bits per heavy atom. The summed E-state index contributed by atoms with van der Waals surface area (Å²) >= 11 is 1.09. The highest BCUT2D eigenvalue weighted by molar-refractivity contribution is 7.89. The number of carbonyl (C=O) groups excluding carboxylic acids is 1. The lowest BCUT2D eigenvalue weighted by Gasteiger charge is -2.06. The molecule has 9 heteroatoms. The van der Waals surface area contributed by atoms with Crippen molar-refractivity contribution in [2.75, 3.05) is 0 Å². The van der Waals surface area contributed by atoms with E-state index in [1.807, 2.05) is 0 Å². The van der Waals surface area contributed by atoms with E-state index in [-0.39, 0.29) is 18.1 Å². The van der Waals surface area contributed by atoms with Gasteiger partial charge in [0.05, 0.1) is 11.1 Å². The maximum absolute atomic E-state index is 13.6. The van der Waals surface area contributed by atoms with Gasteiger partial charge in [0.15, 0.2) is 5.76 Å². The number of furan rings is 1. The fraction of sp³-hybridized carbons (Fsp3) is 0.0625. The molecule has 0 unspecified atom stereocenters. The van der Waals surface area contributed by atoms with E-state index < -0.39 is 26.6 Å². The Morgan fingerprint density at radius 2 is 1.96 bits per heavy atom. The summed E-state index contributed by atoms with van der Waals surface area (Å²) in [6.07, 6.45) is 1.38. The van der Waals surface area contributed by atoms with Gasteiger partial charge in [0.2, 0.25) is 15.8 Å². The highest BCUT2D eigenvalue weighted by atomic mass is 32.2. The van der Waals surface area contributed by atoms with Crippen molar-refractivity contribution in [2.24, 2.45) is 0 Å². The van der Waals surface area contributed by atoms with E-state index in [0.29, 0.717) is 15.8 Å². The Labute approximate surface area is 146 Å². The number of benzene rings is 1. The van der Waals surface area contributed by atoms with E-state index in [1.165, 1.54) is 12.3 Å². The number of rotatable bonds is 6. The smallest absolute Gasteiger partial charge is 0.243 e. The summed E-state index contributed by atoms with van der Waals surface area (Å²) in [5.41, 5.74) is 0. The molecule has 0 saturated carbocycles. The van der Waals surface area contributed by atoms with E-state index in [1.54, 1.807) is 18.2 Å². The maximum atomic E-state index is 13.6. The summed E-state index contributed by atoms with van der Waals surface area (Å²) in [7, 11) is -4.15. The van der Waals surface area contributed by atoms with Crippen LogP contribution in [-0.4, -0.2) is 14.2 Å². The van der Waals surface area contributed by atoms with Crippen molar-refractivity contribution in [2.45, 2.75) is 11.4 Å². The van der Waals surface area contributed by atoms with Gasteiger partial charge < -0.3 is 4.42 Å². The van der Waals surface area contributed by atoms with Gasteiger partial charge in [-0.15, -0.1) is 11.3 Å². The number of nitrogens with one attached hydrogen (secondary N) is 1. The third kappa shape index (κ3) is 3.84. The van der Waals surface area contributed by atoms with Crippen LogP contribution in [-0.2, 0) is 16.6 Å². The minimum Gasteiger partial charge on any atom is -0.461 e. The third-order valence-electron chi connectivity index (χ3n) is 3.25. The Morgan fingerprint density at radius 3 is 2.64 bits per heavy atom. The molecule has 0 bridgehead atoms. The van der Waals surface area contributed by atoms with Crippen LogP contribution in [0.4, 0.5) is 8.78 Å². The van der Waals surface area contributed by atoms with Crippen molar-refractivity contribution in [3.8, 4) is 0 Å². The number of thiophene rings is 1. The first kappa shape index (κ1) is 17.5. The van der Waals surface area contributed by atoms with Crippen molar-refractivity contribution < 1.29 is 26.4 Å². The SMILES string of the molecule is O=C(c1ccco1)c1ccc(CNS(=O)(=O)c2ccc(F)cc2F)s1. The van der Waals surface area contributed by atoms with Gasteiger partial charge in [-0.1, -0.05) is 0 Å². The van der Waals surface area contributed by atoms with Crippen molar-refractivity contribution in [3.63, 3.8) is 0 Å². The molecular formula is C16H11F2NO4S2. The summed E-state index contributed by atoms with van der Waals surface area (Å²) in [4.78, 5) is 12.4. The molecule has 0 aliphatic carbocycles. The lowest BCUT2D eigenvalue weighted by Crippen LogP contribution is -2.23. The number of hydrogen-bond donors (Lipinski definition) is 1. The minimum atomic E-state index is -4.15. The fourth-order valence-corrected chi connectivity index (χ4v) is 4.11. The van der Waals surface area contributed by atoms with Crippen LogP contribution in [0, 0.1) is 11.6 Å². The van der Waals surface area contributed by atoms with Gasteiger partial charge in [-0.3, -0.25) is 4.79 Å². The minimum absolute atomic E-state index is 0.130. The van der Waals surface area contributed by atoms with Crippen molar-refractivity contribution in [3.05, 3.63) is 75.9 Å². The van der Waals surface area contributed by atoms with Crippen LogP contribution in [0.1, 0.15) is 20.3 Å². The zero-order chi connectivity index (χ0) is 18.0. The Kier molecular flexibility index (Phi) is 4.80. The van der Waals surface area contributed by atoms with E-state index in [2.05, 4.69) is 4.72 Å². The second kappa shape index (κ2) is 6.87. The van der Waals surface area contributed by atoms with Crippen LogP contribution in [0.25, 0.3) is 0 Å². The normalized spacial score (nSPS) is 11.6. The second-order valence-corrected chi connectivity index (χ2v) is 7.88. The van der Waals surface area contributed by atoms with Crippen LogP contribution in [0.5, 0.6) is 0 Å². The summed E-state index contributed by atoms with van der Waals surface area (Å²) in [6, 6.07) is 8.48. The van der Waals surface area contributed by atoms with Gasteiger partial charge in [0, 0.05) is 17.5 Å². The van der Waals surface area contributed by atoms with Gasteiger partial charge in [0.1, 0.15) is 16.5 Å². The molecule has 0 radical (unpaired) electrons. The van der Waals surface area contributed by atoms with Crippen molar-refractivity contribution >= 4 is 27.1 Å². The second-order valence-electron chi connectivity index (χ2n) is 4.97. The molecule has 130 valence electrons. The predicted molar refractivity (Wildman–Crippen MR) is 86.8 cm³/mol. The summed E-state index contributed by atoms with van der Waals surface area (Å²) < 4.78 is 58.0. The molecule has 1 N–H and O–H groups in total. The predicted octanol–water partition coefficient (Wildman–Crippen LogP) is 3.33. The molecule has 3 aromatic rings. The van der Waals surface area contributed by atoms with Gasteiger partial charge in [-0.25, -0.2) is 21.9 Å². The van der Waals surface area contributed by atoms with Crippen LogP contribution in [0.3, 0.4) is 0 Å². The summed E-state index contributed by atoms with van der Waals surface area (Å²) in [6.45, 7) is -0.130. The number of carbonyl (C=O) groups is 1. The molecule has 1 aromatic carbocycles. The molecule has 2 heterocycles. The molecule has 0 atom stereocenters. The van der Waals surface area contributed by atoms with E-state index in [0.717, 1.165) is 23.5 Å². The summed E-state index contributed by atoms with van der Waals surface area (Å²) in [5, 5.41) is 0. The quantitative estimate of drug-likeness (QED) is 0.663. The lowest BCUT2D eigenvalue weighted by atomic mass is 10.2. The number of ketones is 1. The van der Waals surface area contributed by atoms with Gasteiger partial charge in [-0.2, -0.15) is 0 Å². The Bertz CT molecular complexity index is 1010. The topological polar surface area (TPSA) is 76.4 Å². The summed E-state index contributed by atoms with van der Waals surface area (Å²) in [5.74, 6) is -2.17. The maximum Gasteiger partial charge on any atom is 0.243 e. The molecule has 0 saturated heterocycles. The fourth-order valence-electron chi connectivity index (χ4n) is 2.06.